The van der Waals surface area contributed by atoms with Crippen LogP contribution in [0.25, 0.3) is 0 Å². The molecule has 1 aliphatic heterocycles. The molecule has 1 aliphatic rings. The van der Waals surface area contributed by atoms with Crippen LogP contribution in [0.5, 0.6) is 0 Å². The van der Waals surface area contributed by atoms with E-state index in [1.54, 1.807) is 0 Å². The van der Waals surface area contributed by atoms with E-state index in [1.165, 1.54) is 38.1 Å². The first-order valence-electron chi connectivity index (χ1n) is 7.59. The van der Waals surface area contributed by atoms with Crippen molar-refractivity contribution in [3.8, 4) is 0 Å². The Morgan fingerprint density at radius 1 is 1.14 bits per heavy atom. The van der Waals surface area contributed by atoms with E-state index in [4.69, 9.17) is 0 Å². The molecular weight excluding hydrogens is 274 g/mol. The van der Waals surface area contributed by atoms with Gasteiger partial charge in [-0.3, -0.25) is 0 Å². The van der Waals surface area contributed by atoms with E-state index in [2.05, 4.69) is 9.80 Å². The van der Waals surface area contributed by atoms with Crippen molar-refractivity contribution in [3.05, 3.63) is 35.4 Å². The molecule has 0 bridgehead atoms. The van der Waals surface area contributed by atoms with Gasteiger partial charge in [0, 0.05) is 25.7 Å². The van der Waals surface area contributed by atoms with Crippen molar-refractivity contribution in [1.82, 2.24) is 9.80 Å². The second-order valence-electron chi connectivity index (χ2n) is 5.86. The molecule has 2 rings (SSSR count). The second kappa shape index (κ2) is 7.82. The number of rotatable bonds is 7. The minimum absolute atomic E-state index is 0.306. The molecule has 0 radical (unpaired) electrons. The van der Waals surface area contributed by atoms with Crippen LogP contribution in [0.15, 0.2) is 18.2 Å². The molecule has 3 nitrogen and oxygen atoms in total. The molecule has 21 heavy (non-hydrogen) atoms. The van der Waals surface area contributed by atoms with Crippen LogP contribution in [0, 0.1) is 11.6 Å². The van der Waals surface area contributed by atoms with E-state index < -0.39 is 17.7 Å². The standard InChI is InChI=1S/C16H24F2N2O/c1-19(8-9-20-5-2-3-6-20)7-4-16(21)13-10-14(17)12-15(18)11-13/h10-12,16,21H,2-9H2,1H3. The lowest BCUT2D eigenvalue weighted by Crippen LogP contribution is -2.32. The number of likely N-dealkylation sites (N-methyl/N-ethyl adjacent to an activating group) is 1. The summed E-state index contributed by atoms with van der Waals surface area (Å²) in [6.45, 7) is 5.05. The monoisotopic (exact) mass is 298 g/mol. The summed E-state index contributed by atoms with van der Waals surface area (Å²) in [7, 11) is 2.01. The van der Waals surface area contributed by atoms with Gasteiger partial charge in [-0.1, -0.05) is 0 Å². The molecule has 1 aromatic rings. The Hall–Kier alpha value is -1.04. The fourth-order valence-electron chi connectivity index (χ4n) is 2.71. The summed E-state index contributed by atoms with van der Waals surface area (Å²) in [5.41, 5.74) is 0.306. The average molecular weight is 298 g/mol. The first-order valence-corrected chi connectivity index (χ1v) is 7.59. The zero-order valence-corrected chi connectivity index (χ0v) is 12.6. The van der Waals surface area contributed by atoms with Crippen molar-refractivity contribution in [3.63, 3.8) is 0 Å². The van der Waals surface area contributed by atoms with Gasteiger partial charge < -0.3 is 14.9 Å². The molecule has 1 heterocycles. The topological polar surface area (TPSA) is 26.7 Å². The average Bonchev–Trinajstić information content (AvgIpc) is 2.94. The lowest BCUT2D eigenvalue weighted by Gasteiger charge is -2.22. The van der Waals surface area contributed by atoms with E-state index in [0.29, 0.717) is 18.5 Å². The van der Waals surface area contributed by atoms with Gasteiger partial charge in [0.25, 0.3) is 0 Å². The molecule has 1 atom stereocenters. The van der Waals surface area contributed by atoms with Gasteiger partial charge in [-0.15, -0.1) is 0 Å². The van der Waals surface area contributed by atoms with Crippen LogP contribution in [0.4, 0.5) is 8.78 Å². The summed E-state index contributed by atoms with van der Waals surface area (Å²) >= 11 is 0. The van der Waals surface area contributed by atoms with Crippen LogP contribution >= 0.6 is 0 Å². The normalized spacial score (nSPS) is 17.6. The van der Waals surface area contributed by atoms with E-state index in [-0.39, 0.29) is 0 Å². The van der Waals surface area contributed by atoms with Crippen molar-refractivity contribution in [2.24, 2.45) is 0 Å². The number of aliphatic hydroxyl groups is 1. The predicted molar refractivity (Wildman–Crippen MR) is 79.1 cm³/mol. The Morgan fingerprint density at radius 3 is 2.38 bits per heavy atom. The lowest BCUT2D eigenvalue weighted by atomic mass is 10.1. The highest BCUT2D eigenvalue weighted by Crippen LogP contribution is 2.19. The van der Waals surface area contributed by atoms with Gasteiger partial charge in [0.1, 0.15) is 11.6 Å². The Morgan fingerprint density at radius 2 is 1.76 bits per heavy atom. The maximum absolute atomic E-state index is 13.1. The molecule has 5 heteroatoms. The molecule has 0 aliphatic carbocycles. The molecule has 1 aromatic carbocycles. The second-order valence-corrected chi connectivity index (χ2v) is 5.86. The van der Waals surface area contributed by atoms with Crippen molar-refractivity contribution in [2.45, 2.75) is 25.4 Å². The molecule has 0 saturated carbocycles. The summed E-state index contributed by atoms with van der Waals surface area (Å²) < 4.78 is 26.2. The summed E-state index contributed by atoms with van der Waals surface area (Å²) in [4.78, 5) is 4.59. The maximum Gasteiger partial charge on any atom is 0.126 e. The Balaban J connectivity index is 1.73. The van der Waals surface area contributed by atoms with Crippen molar-refractivity contribution in [2.75, 3.05) is 39.8 Å². The van der Waals surface area contributed by atoms with Crippen LogP contribution < -0.4 is 0 Å². The van der Waals surface area contributed by atoms with Crippen LogP contribution in [-0.4, -0.2) is 54.7 Å². The first kappa shape index (κ1) is 16.3. The smallest absolute Gasteiger partial charge is 0.126 e. The fraction of sp³-hybridized carbons (Fsp3) is 0.625. The van der Waals surface area contributed by atoms with E-state index in [1.807, 2.05) is 7.05 Å². The number of likely N-dealkylation sites (tertiary alicyclic amines) is 1. The van der Waals surface area contributed by atoms with E-state index in [0.717, 1.165) is 19.2 Å². The summed E-state index contributed by atoms with van der Waals surface area (Å²) in [6.07, 6.45) is 2.21. The van der Waals surface area contributed by atoms with Crippen LogP contribution in [0.3, 0.4) is 0 Å². The summed E-state index contributed by atoms with van der Waals surface area (Å²) in [6, 6.07) is 3.20. The van der Waals surface area contributed by atoms with Gasteiger partial charge in [-0.2, -0.15) is 0 Å². The van der Waals surface area contributed by atoms with Gasteiger partial charge in [-0.05, 0) is 57.1 Å². The minimum atomic E-state index is -0.829. The molecule has 0 aromatic heterocycles. The van der Waals surface area contributed by atoms with E-state index >= 15 is 0 Å². The lowest BCUT2D eigenvalue weighted by molar-refractivity contribution is 0.145. The van der Waals surface area contributed by atoms with Crippen LogP contribution in [0.2, 0.25) is 0 Å². The molecular formula is C16H24F2N2O. The van der Waals surface area contributed by atoms with Gasteiger partial charge in [0.05, 0.1) is 6.10 Å². The number of benzene rings is 1. The third-order valence-electron chi connectivity index (χ3n) is 4.05. The third kappa shape index (κ3) is 5.34. The molecule has 1 saturated heterocycles. The molecule has 1 unspecified atom stereocenters. The zero-order valence-electron chi connectivity index (χ0n) is 12.6. The fourth-order valence-corrected chi connectivity index (χ4v) is 2.71. The Kier molecular flexibility index (Phi) is 6.08. The van der Waals surface area contributed by atoms with E-state index in [9.17, 15) is 13.9 Å². The molecule has 0 amide bonds. The summed E-state index contributed by atoms with van der Waals surface area (Å²) in [5, 5.41) is 10.0. The largest absolute Gasteiger partial charge is 0.388 e. The van der Waals surface area contributed by atoms with Gasteiger partial charge >= 0.3 is 0 Å². The summed E-state index contributed by atoms with van der Waals surface area (Å²) in [5.74, 6) is -1.29. The molecule has 1 fully saturated rings. The van der Waals surface area contributed by atoms with Gasteiger partial charge in [0.15, 0.2) is 0 Å². The van der Waals surface area contributed by atoms with Crippen LogP contribution in [-0.2, 0) is 0 Å². The molecule has 118 valence electrons. The number of halogens is 2. The third-order valence-corrected chi connectivity index (χ3v) is 4.05. The zero-order chi connectivity index (χ0) is 15.2. The van der Waals surface area contributed by atoms with Gasteiger partial charge in [0.2, 0.25) is 0 Å². The van der Waals surface area contributed by atoms with Gasteiger partial charge in [-0.25, -0.2) is 8.78 Å². The van der Waals surface area contributed by atoms with Crippen molar-refractivity contribution < 1.29 is 13.9 Å². The Labute approximate surface area is 125 Å². The number of nitrogens with zero attached hydrogens (tertiary/aromatic N) is 2. The number of aliphatic hydroxyl groups excluding tert-OH is 1. The minimum Gasteiger partial charge on any atom is -0.388 e. The highest BCUT2D eigenvalue weighted by molar-refractivity contribution is 5.20. The SMILES string of the molecule is CN(CCC(O)c1cc(F)cc(F)c1)CCN1CCCC1. The predicted octanol–water partition coefficient (Wildman–Crippen LogP) is 2.42. The first-order chi connectivity index (χ1) is 10.0. The highest BCUT2D eigenvalue weighted by Gasteiger charge is 2.14. The van der Waals surface area contributed by atoms with Crippen molar-refractivity contribution >= 4 is 0 Å². The van der Waals surface area contributed by atoms with Crippen molar-refractivity contribution in [1.29, 1.82) is 0 Å². The highest BCUT2D eigenvalue weighted by atomic mass is 19.1. The maximum atomic E-state index is 13.1. The quantitative estimate of drug-likeness (QED) is 0.837. The Bertz CT molecular complexity index is 430. The van der Waals surface area contributed by atoms with Crippen LogP contribution in [0.1, 0.15) is 30.9 Å². The number of hydrogen-bond donors (Lipinski definition) is 1. The molecule has 0 spiro atoms. The molecule has 1 N–H and O–H groups in total. The number of hydrogen-bond acceptors (Lipinski definition) is 3.